The average Bonchev–Trinajstić information content (AvgIpc) is 3.09. The monoisotopic (exact) mass is 377 g/mol. The Morgan fingerprint density at radius 1 is 0.963 bits per heavy atom. The minimum atomic E-state index is -0.144. The third kappa shape index (κ3) is 2.80. The Morgan fingerprint density at radius 3 is 2.44 bits per heavy atom. The van der Waals surface area contributed by atoms with Gasteiger partial charge in [0.2, 0.25) is 4.77 Å². The number of aromatic nitrogens is 2. The first-order chi connectivity index (χ1) is 13.1. The molecule has 0 amide bonds. The van der Waals surface area contributed by atoms with Gasteiger partial charge in [0.05, 0.1) is 12.1 Å². The summed E-state index contributed by atoms with van der Waals surface area (Å²) in [6.45, 7) is 7.20. The number of fused-ring (bicyclic) bond motifs is 3. The van der Waals surface area contributed by atoms with E-state index in [-0.39, 0.29) is 5.66 Å². The summed E-state index contributed by atoms with van der Waals surface area (Å²) in [6, 6.07) is 18.9. The topological polar surface area (TPSA) is 36.3 Å². The SMILES string of the molecule is CC1(N2CCN(c3ccccc3)CC2)Cn2c(c3ccccc3nc2=S)N1. The van der Waals surface area contributed by atoms with Crippen molar-refractivity contribution in [1.82, 2.24) is 14.5 Å². The van der Waals surface area contributed by atoms with Crippen LogP contribution in [0.15, 0.2) is 54.6 Å². The number of hydrogen-bond donors (Lipinski definition) is 1. The van der Waals surface area contributed by atoms with Gasteiger partial charge in [-0.25, -0.2) is 4.98 Å². The van der Waals surface area contributed by atoms with Crippen molar-refractivity contribution in [1.29, 1.82) is 0 Å². The van der Waals surface area contributed by atoms with E-state index in [0.29, 0.717) is 4.77 Å². The first-order valence-electron chi connectivity index (χ1n) is 9.47. The number of anilines is 2. The predicted octanol–water partition coefficient (Wildman–Crippen LogP) is 3.73. The Labute approximate surface area is 164 Å². The second-order valence-corrected chi connectivity index (χ2v) is 7.92. The number of rotatable bonds is 2. The maximum absolute atomic E-state index is 5.58. The second-order valence-electron chi connectivity index (χ2n) is 7.55. The Balaban J connectivity index is 1.39. The van der Waals surface area contributed by atoms with E-state index in [2.05, 4.69) is 74.1 Å². The number of benzene rings is 2. The smallest absolute Gasteiger partial charge is 0.201 e. The van der Waals surface area contributed by atoms with Crippen molar-refractivity contribution < 1.29 is 0 Å². The highest BCUT2D eigenvalue weighted by Gasteiger charge is 2.40. The zero-order valence-corrected chi connectivity index (χ0v) is 16.2. The van der Waals surface area contributed by atoms with Crippen LogP contribution in [-0.4, -0.2) is 46.3 Å². The minimum Gasteiger partial charge on any atom is -0.369 e. The van der Waals surface area contributed by atoms with Crippen molar-refractivity contribution in [3.8, 4) is 0 Å². The molecule has 3 aromatic rings. The molecule has 27 heavy (non-hydrogen) atoms. The predicted molar refractivity (Wildman–Crippen MR) is 113 cm³/mol. The van der Waals surface area contributed by atoms with Crippen LogP contribution in [0.4, 0.5) is 11.5 Å². The van der Waals surface area contributed by atoms with E-state index < -0.39 is 0 Å². The fourth-order valence-electron chi connectivity index (χ4n) is 4.34. The van der Waals surface area contributed by atoms with Crippen LogP contribution >= 0.6 is 12.2 Å². The molecule has 1 fully saturated rings. The molecule has 1 atom stereocenters. The molecule has 5 nitrogen and oxygen atoms in total. The van der Waals surface area contributed by atoms with Crippen LogP contribution in [0.3, 0.4) is 0 Å². The van der Waals surface area contributed by atoms with Crippen molar-refractivity contribution in [2.24, 2.45) is 0 Å². The number of hydrogen-bond acceptors (Lipinski definition) is 5. The molecule has 1 unspecified atom stereocenters. The van der Waals surface area contributed by atoms with E-state index in [4.69, 9.17) is 12.2 Å². The Morgan fingerprint density at radius 2 is 1.67 bits per heavy atom. The van der Waals surface area contributed by atoms with Gasteiger partial charge in [0.15, 0.2) is 0 Å². The maximum atomic E-state index is 5.58. The molecule has 1 aromatic heterocycles. The summed E-state index contributed by atoms with van der Waals surface area (Å²) in [7, 11) is 0. The fraction of sp³-hybridized carbons (Fsp3) is 0.333. The Hall–Kier alpha value is -2.44. The highest BCUT2D eigenvalue weighted by molar-refractivity contribution is 7.71. The summed E-state index contributed by atoms with van der Waals surface area (Å²) in [5.41, 5.74) is 2.12. The van der Waals surface area contributed by atoms with Crippen molar-refractivity contribution >= 4 is 34.6 Å². The molecular weight excluding hydrogens is 354 g/mol. The molecule has 2 aromatic carbocycles. The second kappa shape index (κ2) is 6.32. The summed E-state index contributed by atoms with van der Waals surface area (Å²) < 4.78 is 2.81. The van der Waals surface area contributed by atoms with Gasteiger partial charge in [0, 0.05) is 37.3 Å². The molecule has 1 N–H and O–H groups in total. The molecule has 0 bridgehead atoms. The number of nitrogens with one attached hydrogen (secondary N) is 1. The summed E-state index contributed by atoms with van der Waals surface area (Å²) in [6.07, 6.45) is 0. The van der Waals surface area contributed by atoms with Crippen LogP contribution in [0.5, 0.6) is 0 Å². The van der Waals surface area contributed by atoms with Gasteiger partial charge >= 0.3 is 0 Å². The van der Waals surface area contributed by atoms with E-state index in [9.17, 15) is 0 Å². The zero-order chi connectivity index (χ0) is 18.4. The molecule has 2 aliphatic rings. The first-order valence-corrected chi connectivity index (χ1v) is 9.88. The molecular formula is C21H23N5S. The summed E-state index contributed by atoms with van der Waals surface area (Å²) in [4.78, 5) is 9.63. The van der Waals surface area contributed by atoms with Gasteiger partial charge < -0.3 is 10.2 Å². The summed E-state index contributed by atoms with van der Waals surface area (Å²) >= 11 is 5.58. The van der Waals surface area contributed by atoms with E-state index in [0.717, 1.165) is 49.4 Å². The molecule has 138 valence electrons. The third-order valence-electron chi connectivity index (χ3n) is 5.83. The van der Waals surface area contributed by atoms with Gasteiger partial charge in [-0.1, -0.05) is 30.3 Å². The average molecular weight is 378 g/mol. The molecule has 1 saturated heterocycles. The molecule has 0 radical (unpaired) electrons. The van der Waals surface area contributed by atoms with Gasteiger partial charge in [0.25, 0.3) is 0 Å². The number of nitrogens with zero attached hydrogens (tertiary/aromatic N) is 4. The lowest BCUT2D eigenvalue weighted by Gasteiger charge is -2.44. The van der Waals surface area contributed by atoms with Crippen molar-refractivity contribution in [3.05, 3.63) is 59.4 Å². The van der Waals surface area contributed by atoms with Crippen LogP contribution < -0.4 is 10.2 Å². The third-order valence-corrected chi connectivity index (χ3v) is 6.14. The molecule has 2 aliphatic heterocycles. The molecule has 3 heterocycles. The highest BCUT2D eigenvalue weighted by Crippen LogP contribution is 2.35. The lowest BCUT2D eigenvalue weighted by atomic mass is 10.1. The van der Waals surface area contributed by atoms with Gasteiger partial charge in [-0.15, -0.1) is 0 Å². The highest BCUT2D eigenvalue weighted by atomic mass is 32.1. The van der Waals surface area contributed by atoms with Crippen LogP contribution in [-0.2, 0) is 6.54 Å². The van der Waals surface area contributed by atoms with Gasteiger partial charge in [0.1, 0.15) is 11.5 Å². The van der Waals surface area contributed by atoms with Crippen LogP contribution in [0.2, 0.25) is 0 Å². The maximum Gasteiger partial charge on any atom is 0.201 e. The largest absolute Gasteiger partial charge is 0.369 e. The van der Waals surface area contributed by atoms with Crippen LogP contribution in [0.25, 0.3) is 10.9 Å². The number of para-hydroxylation sites is 2. The van der Waals surface area contributed by atoms with Crippen LogP contribution in [0, 0.1) is 4.77 Å². The Bertz CT molecular complexity index is 1040. The van der Waals surface area contributed by atoms with E-state index >= 15 is 0 Å². The fourth-order valence-corrected chi connectivity index (χ4v) is 4.59. The molecule has 6 heteroatoms. The zero-order valence-electron chi connectivity index (χ0n) is 15.4. The quantitative estimate of drug-likeness (QED) is 0.689. The molecule has 5 rings (SSSR count). The Kier molecular flexibility index (Phi) is 3.91. The lowest BCUT2D eigenvalue weighted by molar-refractivity contribution is 0.115. The van der Waals surface area contributed by atoms with E-state index in [1.807, 2.05) is 12.1 Å². The van der Waals surface area contributed by atoms with Crippen LogP contribution in [0.1, 0.15) is 6.92 Å². The first kappa shape index (κ1) is 16.7. The lowest BCUT2D eigenvalue weighted by Crippen LogP contribution is -2.59. The van der Waals surface area contributed by atoms with Gasteiger partial charge in [-0.05, 0) is 43.4 Å². The van der Waals surface area contributed by atoms with E-state index in [1.165, 1.54) is 5.69 Å². The molecule has 0 spiro atoms. The normalized spacial score (nSPS) is 22.6. The summed E-state index contributed by atoms with van der Waals surface area (Å²) in [5.74, 6) is 1.10. The van der Waals surface area contributed by atoms with E-state index in [1.54, 1.807) is 0 Å². The minimum absolute atomic E-state index is 0.144. The van der Waals surface area contributed by atoms with Crippen molar-refractivity contribution in [3.63, 3.8) is 0 Å². The van der Waals surface area contributed by atoms with Gasteiger partial charge in [-0.3, -0.25) is 9.47 Å². The number of piperazine rings is 1. The molecule has 0 aliphatic carbocycles. The molecule has 0 saturated carbocycles. The van der Waals surface area contributed by atoms with Crippen molar-refractivity contribution in [2.45, 2.75) is 19.1 Å². The van der Waals surface area contributed by atoms with Crippen molar-refractivity contribution in [2.75, 3.05) is 36.4 Å². The van der Waals surface area contributed by atoms with Gasteiger partial charge in [-0.2, -0.15) is 0 Å². The summed E-state index contributed by atoms with van der Waals surface area (Å²) in [5, 5.41) is 4.92. The standard InChI is InChI=1S/C21H23N5S/c1-21(25-13-11-24(12-14-25)16-7-3-2-4-8-16)15-26-19(23-21)17-9-5-6-10-18(17)22-20(26)27/h2-10,23H,11-15H2,1H3.